The van der Waals surface area contributed by atoms with Crippen molar-refractivity contribution < 1.29 is 19.0 Å². The number of nitrogens with zero attached hydrogens (tertiary/aromatic N) is 1. The molecule has 0 bridgehead atoms. The standard InChI is InChI=1S/C20H26ClFN2O3/c1-19(22)6-8-20(26,9-7-19)13-23-18(25)15-12-14(5-11-27-2)24-10-3-4-16(21)17(15)24/h3-4,10,12,26H,5-9,11,13H2,1-2H3,(H,23,25). The fourth-order valence-electron chi connectivity index (χ4n) is 3.61. The van der Waals surface area contributed by atoms with Crippen LogP contribution < -0.4 is 5.32 Å². The van der Waals surface area contributed by atoms with Crippen molar-refractivity contribution in [3.63, 3.8) is 0 Å². The lowest BCUT2D eigenvalue weighted by Gasteiger charge is -2.37. The van der Waals surface area contributed by atoms with Gasteiger partial charge in [0, 0.05) is 32.0 Å². The molecule has 0 saturated heterocycles. The lowest BCUT2D eigenvalue weighted by atomic mass is 9.78. The molecule has 2 aromatic rings. The molecule has 0 aromatic carbocycles. The van der Waals surface area contributed by atoms with Gasteiger partial charge in [0.25, 0.3) is 5.91 Å². The summed E-state index contributed by atoms with van der Waals surface area (Å²) in [5.74, 6) is -0.300. The van der Waals surface area contributed by atoms with Gasteiger partial charge in [0.1, 0.15) is 5.67 Å². The predicted octanol–water partition coefficient (Wildman–Crippen LogP) is 3.54. The van der Waals surface area contributed by atoms with Crippen LogP contribution in [0.5, 0.6) is 0 Å². The van der Waals surface area contributed by atoms with Crippen molar-refractivity contribution in [3.05, 3.63) is 40.7 Å². The van der Waals surface area contributed by atoms with Crippen LogP contribution in [0, 0.1) is 0 Å². The first-order chi connectivity index (χ1) is 12.7. The minimum Gasteiger partial charge on any atom is -0.388 e. The largest absolute Gasteiger partial charge is 0.388 e. The van der Waals surface area contributed by atoms with Crippen molar-refractivity contribution >= 4 is 23.0 Å². The average molecular weight is 397 g/mol. The number of aliphatic hydroxyl groups is 1. The summed E-state index contributed by atoms with van der Waals surface area (Å²) < 4.78 is 21.0. The molecule has 1 amide bonds. The number of carbonyl (C=O) groups is 1. The van der Waals surface area contributed by atoms with Gasteiger partial charge in [-0.25, -0.2) is 4.39 Å². The molecule has 1 aliphatic carbocycles. The summed E-state index contributed by atoms with van der Waals surface area (Å²) in [5, 5.41) is 14.0. The number of ether oxygens (including phenoxy) is 1. The molecule has 7 heteroatoms. The van der Waals surface area contributed by atoms with E-state index in [0.29, 0.717) is 54.8 Å². The Morgan fingerprint density at radius 3 is 2.78 bits per heavy atom. The number of aromatic nitrogens is 1. The summed E-state index contributed by atoms with van der Waals surface area (Å²) in [4.78, 5) is 12.8. The molecule has 3 rings (SSSR count). The SMILES string of the molecule is COCCc1cc(C(=O)NCC2(O)CCC(C)(F)CC2)c2c(Cl)cccn12. The molecule has 148 valence electrons. The molecule has 1 saturated carbocycles. The van der Waals surface area contributed by atoms with Gasteiger partial charge in [-0.2, -0.15) is 0 Å². The van der Waals surface area contributed by atoms with E-state index in [0.717, 1.165) is 5.69 Å². The summed E-state index contributed by atoms with van der Waals surface area (Å²) in [7, 11) is 1.63. The van der Waals surface area contributed by atoms with Gasteiger partial charge >= 0.3 is 0 Å². The summed E-state index contributed by atoms with van der Waals surface area (Å²) in [6, 6.07) is 5.37. The minimum absolute atomic E-state index is 0.0944. The normalized spacial score (nSPS) is 25.7. The van der Waals surface area contributed by atoms with Gasteiger partial charge in [-0.05, 0) is 50.8 Å². The average Bonchev–Trinajstić information content (AvgIpc) is 3.01. The first-order valence-corrected chi connectivity index (χ1v) is 9.59. The first-order valence-electron chi connectivity index (χ1n) is 9.22. The van der Waals surface area contributed by atoms with Gasteiger partial charge in [0.2, 0.25) is 0 Å². The fourth-order valence-corrected chi connectivity index (χ4v) is 3.88. The molecule has 1 fully saturated rings. The highest BCUT2D eigenvalue weighted by Gasteiger charge is 2.39. The highest BCUT2D eigenvalue weighted by atomic mass is 35.5. The lowest BCUT2D eigenvalue weighted by Crippen LogP contribution is -2.47. The summed E-state index contributed by atoms with van der Waals surface area (Å²) in [5.41, 5.74) is -0.293. The van der Waals surface area contributed by atoms with E-state index in [9.17, 15) is 14.3 Å². The van der Waals surface area contributed by atoms with Crippen molar-refractivity contribution in [3.8, 4) is 0 Å². The smallest absolute Gasteiger partial charge is 0.253 e. The van der Waals surface area contributed by atoms with E-state index < -0.39 is 11.3 Å². The van der Waals surface area contributed by atoms with Crippen LogP contribution in [0.3, 0.4) is 0 Å². The van der Waals surface area contributed by atoms with Gasteiger partial charge in [-0.3, -0.25) is 4.79 Å². The number of fused-ring (bicyclic) bond motifs is 1. The Morgan fingerprint density at radius 2 is 2.11 bits per heavy atom. The van der Waals surface area contributed by atoms with Gasteiger partial charge in [-0.1, -0.05) is 11.6 Å². The lowest BCUT2D eigenvalue weighted by molar-refractivity contribution is -0.0374. The van der Waals surface area contributed by atoms with Crippen molar-refractivity contribution in [1.82, 2.24) is 9.72 Å². The number of rotatable bonds is 6. The highest BCUT2D eigenvalue weighted by Crippen LogP contribution is 2.37. The second kappa shape index (κ2) is 7.78. The van der Waals surface area contributed by atoms with Crippen molar-refractivity contribution in [1.29, 1.82) is 0 Å². The second-order valence-electron chi connectivity index (χ2n) is 7.69. The van der Waals surface area contributed by atoms with Crippen LogP contribution in [0.2, 0.25) is 5.02 Å². The van der Waals surface area contributed by atoms with Crippen molar-refractivity contribution in [2.45, 2.75) is 50.3 Å². The van der Waals surface area contributed by atoms with E-state index >= 15 is 0 Å². The molecule has 2 heterocycles. The van der Waals surface area contributed by atoms with Gasteiger partial charge in [-0.15, -0.1) is 0 Å². The molecule has 0 atom stereocenters. The maximum Gasteiger partial charge on any atom is 0.253 e. The second-order valence-corrected chi connectivity index (χ2v) is 8.09. The third-order valence-electron chi connectivity index (χ3n) is 5.43. The zero-order valence-electron chi connectivity index (χ0n) is 15.7. The molecular weight excluding hydrogens is 371 g/mol. The number of alkyl halides is 1. The van der Waals surface area contributed by atoms with Crippen LogP contribution in [0.4, 0.5) is 4.39 Å². The van der Waals surface area contributed by atoms with Gasteiger partial charge < -0.3 is 19.6 Å². The Labute approximate surface area is 163 Å². The van der Waals surface area contributed by atoms with Crippen LogP contribution in [-0.4, -0.2) is 46.9 Å². The predicted molar refractivity (Wildman–Crippen MR) is 103 cm³/mol. The summed E-state index contributed by atoms with van der Waals surface area (Å²) in [6.07, 6.45) is 3.75. The topological polar surface area (TPSA) is 63.0 Å². The monoisotopic (exact) mass is 396 g/mol. The third kappa shape index (κ3) is 4.45. The molecule has 2 N–H and O–H groups in total. The van der Waals surface area contributed by atoms with E-state index in [-0.39, 0.29) is 12.5 Å². The zero-order valence-corrected chi connectivity index (χ0v) is 16.5. The summed E-state index contributed by atoms with van der Waals surface area (Å²) >= 11 is 6.34. The van der Waals surface area contributed by atoms with E-state index in [4.69, 9.17) is 16.3 Å². The van der Waals surface area contributed by atoms with E-state index in [1.54, 1.807) is 26.2 Å². The molecule has 1 aliphatic rings. The molecule has 0 unspecified atom stereocenters. The van der Waals surface area contributed by atoms with Crippen LogP contribution >= 0.6 is 11.6 Å². The maximum atomic E-state index is 14.0. The molecule has 2 aromatic heterocycles. The maximum absolute atomic E-state index is 14.0. The van der Waals surface area contributed by atoms with Crippen LogP contribution in [-0.2, 0) is 11.2 Å². The molecule has 0 radical (unpaired) electrons. The molecular formula is C20H26ClFN2O3. The number of halogens is 2. The first kappa shape index (κ1) is 20.1. The molecule has 0 spiro atoms. The van der Waals surface area contributed by atoms with E-state index in [2.05, 4.69) is 5.32 Å². The Morgan fingerprint density at radius 1 is 1.41 bits per heavy atom. The van der Waals surface area contributed by atoms with Crippen molar-refractivity contribution in [2.24, 2.45) is 0 Å². The number of methoxy groups -OCH3 is 1. The third-order valence-corrected chi connectivity index (χ3v) is 5.73. The number of amides is 1. The Bertz CT molecular complexity index is 824. The Hall–Kier alpha value is -1.63. The van der Waals surface area contributed by atoms with Crippen LogP contribution in [0.1, 0.15) is 48.7 Å². The number of carbonyl (C=O) groups excluding carboxylic acids is 1. The number of nitrogens with one attached hydrogen (secondary N) is 1. The quantitative estimate of drug-likeness (QED) is 0.785. The number of hydrogen-bond donors (Lipinski definition) is 2. The van der Waals surface area contributed by atoms with Crippen LogP contribution in [0.15, 0.2) is 24.4 Å². The number of pyridine rings is 1. The van der Waals surface area contributed by atoms with Gasteiger partial charge in [0.15, 0.2) is 0 Å². The van der Waals surface area contributed by atoms with Crippen molar-refractivity contribution in [2.75, 3.05) is 20.3 Å². The highest BCUT2D eigenvalue weighted by molar-refractivity contribution is 6.34. The van der Waals surface area contributed by atoms with Crippen LogP contribution in [0.25, 0.3) is 5.52 Å². The molecule has 5 nitrogen and oxygen atoms in total. The molecule has 27 heavy (non-hydrogen) atoms. The van der Waals surface area contributed by atoms with E-state index in [1.807, 2.05) is 16.7 Å². The van der Waals surface area contributed by atoms with Gasteiger partial charge in [0.05, 0.1) is 28.3 Å². The van der Waals surface area contributed by atoms with E-state index in [1.165, 1.54) is 0 Å². The molecule has 0 aliphatic heterocycles. The number of hydrogen-bond acceptors (Lipinski definition) is 3. The summed E-state index contributed by atoms with van der Waals surface area (Å²) in [6.45, 7) is 2.18. The minimum atomic E-state index is -1.24. The Balaban J connectivity index is 1.78. The Kier molecular flexibility index (Phi) is 5.79. The fraction of sp³-hybridized carbons (Fsp3) is 0.550. The zero-order chi connectivity index (χ0) is 19.7.